The molecule has 140 valence electrons. The van der Waals surface area contributed by atoms with Crippen molar-refractivity contribution in [1.29, 1.82) is 0 Å². The summed E-state index contributed by atoms with van der Waals surface area (Å²) in [6.45, 7) is 1.89. The first-order valence-electron chi connectivity index (χ1n) is 9.39. The van der Waals surface area contributed by atoms with Crippen molar-refractivity contribution in [1.82, 2.24) is 24.4 Å². The molecule has 3 aromatic heterocycles. The van der Waals surface area contributed by atoms with Crippen LogP contribution < -0.4 is 5.56 Å². The van der Waals surface area contributed by atoms with E-state index in [4.69, 9.17) is 0 Å². The summed E-state index contributed by atoms with van der Waals surface area (Å²) in [6, 6.07) is 7.66. The van der Waals surface area contributed by atoms with E-state index < -0.39 is 0 Å². The van der Waals surface area contributed by atoms with Crippen LogP contribution in [0.5, 0.6) is 0 Å². The van der Waals surface area contributed by atoms with Crippen LogP contribution in [0.2, 0.25) is 0 Å². The Kier molecular flexibility index (Phi) is 4.00. The number of likely N-dealkylation sites (tertiary alicyclic amines) is 1. The van der Waals surface area contributed by atoms with E-state index in [1.807, 2.05) is 33.7 Å². The van der Waals surface area contributed by atoms with Crippen LogP contribution in [-0.2, 0) is 6.54 Å². The Morgan fingerprint density at radius 3 is 2.64 bits per heavy atom. The molecule has 1 amide bonds. The molecule has 0 saturated carbocycles. The Hall–Kier alpha value is -3.35. The maximum Gasteiger partial charge on any atom is 0.258 e. The van der Waals surface area contributed by atoms with E-state index in [1.54, 1.807) is 24.8 Å². The van der Waals surface area contributed by atoms with Gasteiger partial charge >= 0.3 is 0 Å². The molecule has 5 rings (SSSR count). The zero-order valence-corrected chi connectivity index (χ0v) is 15.2. The summed E-state index contributed by atoms with van der Waals surface area (Å²) >= 11 is 0. The third-order valence-electron chi connectivity index (χ3n) is 5.67. The standard InChI is InChI=1S/C21H19N5O2/c27-20(17-8-23-13-24-9-17)25-10-14-6-16(12-25)19-4-3-18(21(28)26(19)11-14)15-2-1-5-22-7-15/h1-5,7-9,13-14,16H,6,10-12H2/t14-,16-/m1/s1. The quantitative estimate of drug-likeness (QED) is 0.686. The SMILES string of the molecule is O=C(c1cncnc1)N1C[C@H]2C[C@H](C1)c1ccc(-c3cccnc3)c(=O)n1C2. The highest BCUT2D eigenvalue weighted by Gasteiger charge is 2.37. The molecular formula is C21H19N5O2. The third-order valence-corrected chi connectivity index (χ3v) is 5.67. The first-order chi connectivity index (χ1) is 13.7. The van der Waals surface area contributed by atoms with Gasteiger partial charge in [0.05, 0.1) is 5.56 Å². The van der Waals surface area contributed by atoms with Gasteiger partial charge in [0.25, 0.3) is 11.5 Å². The van der Waals surface area contributed by atoms with Gasteiger partial charge in [-0.25, -0.2) is 9.97 Å². The lowest BCUT2D eigenvalue weighted by Crippen LogP contribution is -2.49. The number of fused-ring (bicyclic) bond motifs is 4. The van der Waals surface area contributed by atoms with Gasteiger partial charge in [0.2, 0.25) is 0 Å². The minimum absolute atomic E-state index is 0.0245. The normalized spacial score (nSPS) is 20.5. The number of hydrogen-bond donors (Lipinski definition) is 0. The van der Waals surface area contributed by atoms with Crippen LogP contribution in [0.15, 0.2) is 60.2 Å². The summed E-state index contributed by atoms with van der Waals surface area (Å²) in [7, 11) is 0. The summed E-state index contributed by atoms with van der Waals surface area (Å²) in [4.78, 5) is 39.8. The molecule has 2 aliphatic rings. The van der Waals surface area contributed by atoms with Crippen molar-refractivity contribution in [2.75, 3.05) is 13.1 Å². The van der Waals surface area contributed by atoms with Crippen molar-refractivity contribution in [2.45, 2.75) is 18.9 Å². The molecule has 1 fully saturated rings. The zero-order valence-electron chi connectivity index (χ0n) is 15.2. The van der Waals surface area contributed by atoms with Crippen LogP contribution in [0.3, 0.4) is 0 Å². The number of carbonyl (C=O) groups is 1. The number of hydrogen-bond acceptors (Lipinski definition) is 5. The molecule has 0 unspecified atom stereocenters. The van der Waals surface area contributed by atoms with Gasteiger partial charge in [-0.05, 0) is 30.5 Å². The van der Waals surface area contributed by atoms with E-state index in [2.05, 4.69) is 15.0 Å². The fraction of sp³-hybridized carbons (Fsp3) is 0.286. The summed E-state index contributed by atoms with van der Waals surface area (Å²) in [5, 5.41) is 0. The number of carbonyl (C=O) groups excluding carboxylic acids is 1. The molecule has 0 aromatic carbocycles. The lowest BCUT2D eigenvalue weighted by Gasteiger charge is -2.42. The smallest absolute Gasteiger partial charge is 0.258 e. The number of rotatable bonds is 2. The molecule has 2 bridgehead atoms. The molecule has 0 N–H and O–H groups in total. The van der Waals surface area contributed by atoms with Gasteiger partial charge in [0.1, 0.15) is 6.33 Å². The van der Waals surface area contributed by atoms with Gasteiger partial charge in [0, 0.05) is 67.2 Å². The third kappa shape index (κ3) is 2.79. The Morgan fingerprint density at radius 1 is 1.00 bits per heavy atom. The van der Waals surface area contributed by atoms with Crippen LogP contribution in [0.25, 0.3) is 11.1 Å². The van der Waals surface area contributed by atoms with Crippen LogP contribution in [0.4, 0.5) is 0 Å². The fourth-order valence-corrected chi connectivity index (χ4v) is 4.45. The van der Waals surface area contributed by atoms with Crippen molar-refractivity contribution < 1.29 is 4.79 Å². The first kappa shape index (κ1) is 16.8. The van der Waals surface area contributed by atoms with Crippen LogP contribution in [0.1, 0.15) is 28.4 Å². The van der Waals surface area contributed by atoms with Gasteiger partial charge in [-0.15, -0.1) is 0 Å². The van der Waals surface area contributed by atoms with E-state index in [1.165, 1.54) is 6.33 Å². The van der Waals surface area contributed by atoms with E-state index >= 15 is 0 Å². The van der Waals surface area contributed by atoms with Crippen molar-refractivity contribution >= 4 is 5.91 Å². The van der Waals surface area contributed by atoms with Gasteiger partial charge in [-0.3, -0.25) is 14.6 Å². The van der Waals surface area contributed by atoms with Crippen molar-refractivity contribution in [2.24, 2.45) is 5.92 Å². The van der Waals surface area contributed by atoms with Crippen molar-refractivity contribution in [3.63, 3.8) is 0 Å². The molecular weight excluding hydrogens is 354 g/mol. The largest absolute Gasteiger partial charge is 0.338 e. The first-order valence-corrected chi connectivity index (χ1v) is 9.39. The lowest BCUT2D eigenvalue weighted by atomic mass is 9.82. The number of pyridine rings is 2. The highest BCUT2D eigenvalue weighted by atomic mass is 16.2. The van der Waals surface area contributed by atoms with Gasteiger partial charge in [-0.1, -0.05) is 6.07 Å². The summed E-state index contributed by atoms with van der Waals surface area (Å²) < 4.78 is 1.90. The molecule has 7 nitrogen and oxygen atoms in total. The van der Waals surface area contributed by atoms with Crippen molar-refractivity contribution in [3.05, 3.63) is 77.0 Å². The second kappa shape index (κ2) is 6.67. The second-order valence-corrected chi connectivity index (χ2v) is 7.47. The molecule has 0 spiro atoms. The molecule has 3 aromatic rings. The molecule has 2 atom stereocenters. The Labute approximate surface area is 161 Å². The highest BCUT2D eigenvalue weighted by Crippen LogP contribution is 2.36. The topological polar surface area (TPSA) is 81.0 Å². The van der Waals surface area contributed by atoms with E-state index in [0.29, 0.717) is 30.8 Å². The number of nitrogens with zero attached hydrogens (tertiary/aromatic N) is 5. The van der Waals surface area contributed by atoms with E-state index in [9.17, 15) is 9.59 Å². The molecule has 0 aliphatic carbocycles. The van der Waals surface area contributed by atoms with Crippen molar-refractivity contribution in [3.8, 4) is 11.1 Å². The molecule has 5 heterocycles. The van der Waals surface area contributed by atoms with Gasteiger partial charge in [-0.2, -0.15) is 0 Å². The monoisotopic (exact) mass is 373 g/mol. The maximum atomic E-state index is 13.1. The fourth-order valence-electron chi connectivity index (χ4n) is 4.45. The lowest BCUT2D eigenvalue weighted by molar-refractivity contribution is 0.0594. The van der Waals surface area contributed by atoms with Crippen LogP contribution >= 0.6 is 0 Å². The molecule has 28 heavy (non-hydrogen) atoms. The number of aromatic nitrogens is 4. The van der Waals surface area contributed by atoms with Crippen LogP contribution in [-0.4, -0.2) is 43.4 Å². The molecule has 2 aliphatic heterocycles. The minimum atomic E-state index is -0.0434. The van der Waals surface area contributed by atoms with E-state index in [0.717, 1.165) is 17.7 Å². The predicted molar refractivity (Wildman–Crippen MR) is 103 cm³/mol. The average Bonchev–Trinajstić information content (AvgIpc) is 2.75. The Bertz CT molecular complexity index is 1080. The number of piperidine rings is 1. The minimum Gasteiger partial charge on any atom is -0.338 e. The molecule has 0 radical (unpaired) electrons. The van der Waals surface area contributed by atoms with E-state index in [-0.39, 0.29) is 23.3 Å². The average molecular weight is 373 g/mol. The maximum absolute atomic E-state index is 13.1. The summed E-state index contributed by atoms with van der Waals surface area (Å²) in [5.74, 6) is 0.386. The predicted octanol–water partition coefficient (Wildman–Crippen LogP) is 1.96. The van der Waals surface area contributed by atoms with Gasteiger partial charge in [0.15, 0.2) is 0 Å². The summed E-state index contributed by atoms with van der Waals surface area (Å²) in [6.07, 6.45) is 8.95. The Balaban J connectivity index is 1.47. The number of amides is 1. The zero-order chi connectivity index (χ0) is 19.1. The van der Waals surface area contributed by atoms with Crippen LogP contribution in [0, 0.1) is 5.92 Å². The molecule has 7 heteroatoms. The van der Waals surface area contributed by atoms with Gasteiger partial charge < -0.3 is 9.47 Å². The molecule has 1 saturated heterocycles. The highest BCUT2D eigenvalue weighted by molar-refractivity contribution is 5.93. The summed E-state index contributed by atoms with van der Waals surface area (Å²) in [5.41, 5.74) is 3.05. The second-order valence-electron chi connectivity index (χ2n) is 7.47. The Morgan fingerprint density at radius 2 is 1.86 bits per heavy atom.